The van der Waals surface area contributed by atoms with Crippen LogP contribution in [0.3, 0.4) is 0 Å². The van der Waals surface area contributed by atoms with Crippen molar-refractivity contribution in [1.29, 1.82) is 0 Å². The van der Waals surface area contributed by atoms with Gasteiger partial charge < -0.3 is 0 Å². The van der Waals surface area contributed by atoms with E-state index in [9.17, 15) is 0 Å². The van der Waals surface area contributed by atoms with Crippen LogP contribution in [-0.4, -0.2) is 11.4 Å². The van der Waals surface area contributed by atoms with Gasteiger partial charge in [-0.25, -0.2) is 10.1 Å². The third-order valence-electron chi connectivity index (χ3n) is 2.20. The Bertz CT molecular complexity index is 108. The number of hydrogen-bond donors (Lipinski definition) is 1. The molecule has 0 radical (unpaired) electrons. The molecule has 86 valence electrons. The van der Waals surface area contributed by atoms with Gasteiger partial charge >= 0.3 is 0 Å². The molecule has 0 saturated heterocycles. The highest BCUT2D eigenvalue weighted by Crippen LogP contribution is 2.10. The van der Waals surface area contributed by atoms with Crippen molar-refractivity contribution >= 4 is 0 Å². The molecule has 0 aliphatic rings. The molecule has 4 nitrogen and oxygen atoms in total. The van der Waals surface area contributed by atoms with Crippen LogP contribution in [0.1, 0.15) is 58.8 Å². The normalized spacial score (nSPS) is 13.1. The fraction of sp³-hybridized carbons (Fsp3) is 1.00. The van der Waals surface area contributed by atoms with E-state index in [0.717, 1.165) is 12.8 Å². The van der Waals surface area contributed by atoms with Crippen LogP contribution in [0.2, 0.25) is 0 Å². The van der Waals surface area contributed by atoms with Crippen molar-refractivity contribution < 1.29 is 20.2 Å². The van der Waals surface area contributed by atoms with Crippen molar-refractivity contribution in [3.63, 3.8) is 0 Å². The zero-order valence-corrected chi connectivity index (χ0v) is 9.20. The van der Waals surface area contributed by atoms with E-state index in [1.54, 1.807) is 0 Å². The summed E-state index contributed by atoms with van der Waals surface area (Å²) in [7, 11) is 0. The summed E-state index contributed by atoms with van der Waals surface area (Å²) in [6.07, 6.45) is 8.46. The average Bonchev–Trinajstić information content (AvgIpc) is 2.20. The molecule has 0 aliphatic carbocycles. The molecule has 1 N–H and O–H groups in total. The SMILES string of the molecule is CCCCCCCCC(C)OOOO. The summed E-state index contributed by atoms with van der Waals surface area (Å²) in [5.41, 5.74) is 0. The minimum absolute atomic E-state index is 0.0340. The molecule has 0 fully saturated rings. The summed E-state index contributed by atoms with van der Waals surface area (Å²) in [5, 5.41) is 15.1. The second-order valence-electron chi connectivity index (χ2n) is 3.61. The lowest BCUT2D eigenvalue weighted by Gasteiger charge is -2.08. The van der Waals surface area contributed by atoms with Crippen molar-refractivity contribution in [3.05, 3.63) is 0 Å². The van der Waals surface area contributed by atoms with E-state index in [1.807, 2.05) is 6.92 Å². The Morgan fingerprint density at radius 3 is 2.36 bits per heavy atom. The van der Waals surface area contributed by atoms with Crippen molar-refractivity contribution in [3.8, 4) is 0 Å². The number of unbranched alkanes of at least 4 members (excludes halogenated alkanes) is 5. The summed E-state index contributed by atoms with van der Waals surface area (Å²) in [5.74, 6) is 0. The maximum atomic E-state index is 7.84. The Balaban J connectivity index is 3.02. The molecule has 0 aromatic rings. The Morgan fingerprint density at radius 2 is 1.71 bits per heavy atom. The van der Waals surface area contributed by atoms with Gasteiger partial charge in [0.15, 0.2) is 0 Å². The van der Waals surface area contributed by atoms with Gasteiger partial charge in [0.2, 0.25) is 0 Å². The molecule has 14 heavy (non-hydrogen) atoms. The summed E-state index contributed by atoms with van der Waals surface area (Å²) in [6, 6.07) is 0. The van der Waals surface area contributed by atoms with Crippen LogP contribution >= 0.6 is 0 Å². The zero-order chi connectivity index (χ0) is 10.6. The molecule has 0 aromatic heterocycles. The predicted octanol–water partition coefficient (Wildman–Crippen LogP) is 3.48. The van der Waals surface area contributed by atoms with Crippen molar-refractivity contribution in [1.82, 2.24) is 0 Å². The molecule has 0 rings (SSSR count). The Morgan fingerprint density at radius 1 is 1.07 bits per heavy atom. The van der Waals surface area contributed by atoms with Gasteiger partial charge in [-0.2, -0.15) is 0 Å². The predicted molar refractivity (Wildman–Crippen MR) is 53.3 cm³/mol. The van der Waals surface area contributed by atoms with E-state index >= 15 is 0 Å². The van der Waals surface area contributed by atoms with Gasteiger partial charge in [-0.3, -0.25) is 0 Å². The van der Waals surface area contributed by atoms with Crippen LogP contribution in [0.4, 0.5) is 0 Å². The Kier molecular flexibility index (Phi) is 10.8. The lowest BCUT2D eigenvalue weighted by Crippen LogP contribution is -2.08. The van der Waals surface area contributed by atoms with E-state index in [-0.39, 0.29) is 6.10 Å². The first kappa shape index (κ1) is 13.8. The fourth-order valence-electron chi connectivity index (χ4n) is 1.34. The first-order valence-corrected chi connectivity index (χ1v) is 5.44. The Labute approximate surface area is 85.9 Å². The number of rotatable bonds is 10. The van der Waals surface area contributed by atoms with Gasteiger partial charge in [-0.1, -0.05) is 45.4 Å². The standard InChI is InChI=1S/C10H22O4/c1-3-4-5-6-7-8-9-10(2)12-14-13-11/h10-11H,3-9H2,1-2H3. The Hall–Kier alpha value is -0.160. The molecule has 0 spiro atoms. The van der Waals surface area contributed by atoms with Crippen LogP contribution < -0.4 is 0 Å². The first-order chi connectivity index (χ1) is 6.81. The zero-order valence-electron chi connectivity index (χ0n) is 9.20. The molecular formula is C10H22O4. The highest BCUT2D eigenvalue weighted by molar-refractivity contribution is 4.50. The largest absolute Gasteiger partial charge is 0.219 e. The lowest BCUT2D eigenvalue weighted by atomic mass is 10.1. The average molecular weight is 206 g/mol. The molecule has 1 atom stereocenters. The quantitative estimate of drug-likeness (QED) is 0.338. The molecule has 0 saturated carbocycles. The minimum atomic E-state index is -0.0340. The van der Waals surface area contributed by atoms with Crippen molar-refractivity contribution in [2.24, 2.45) is 0 Å². The number of hydrogen-bond acceptors (Lipinski definition) is 4. The topological polar surface area (TPSA) is 47.9 Å². The van der Waals surface area contributed by atoms with E-state index < -0.39 is 0 Å². The summed E-state index contributed by atoms with van der Waals surface area (Å²) in [4.78, 5) is 4.65. The monoisotopic (exact) mass is 206 g/mol. The van der Waals surface area contributed by atoms with Gasteiger partial charge in [0.1, 0.15) is 0 Å². The second kappa shape index (κ2) is 10.9. The third kappa shape index (κ3) is 9.92. The van der Waals surface area contributed by atoms with E-state index in [0.29, 0.717) is 0 Å². The summed E-state index contributed by atoms with van der Waals surface area (Å²) in [6.45, 7) is 4.09. The van der Waals surface area contributed by atoms with Crippen LogP contribution in [0, 0.1) is 0 Å². The molecule has 0 aliphatic heterocycles. The van der Waals surface area contributed by atoms with Gasteiger partial charge in [0.25, 0.3) is 0 Å². The molecule has 0 heterocycles. The highest BCUT2D eigenvalue weighted by Gasteiger charge is 2.02. The van der Waals surface area contributed by atoms with Gasteiger partial charge in [-0.05, 0) is 23.4 Å². The second-order valence-corrected chi connectivity index (χ2v) is 3.61. The van der Waals surface area contributed by atoms with Crippen LogP contribution in [-0.2, 0) is 15.0 Å². The van der Waals surface area contributed by atoms with E-state index in [2.05, 4.69) is 21.9 Å². The van der Waals surface area contributed by atoms with Gasteiger partial charge in [-0.15, -0.1) is 0 Å². The molecule has 0 aromatic carbocycles. The third-order valence-corrected chi connectivity index (χ3v) is 2.20. The first-order valence-electron chi connectivity index (χ1n) is 5.44. The van der Waals surface area contributed by atoms with Crippen LogP contribution in [0.15, 0.2) is 0 Å². The van der Waals surface area contributed by atoms with Crippen LogP contribution in [0.25, 0.3) is 0 Å². The molecular weight excluding hydrogens is 184 g/mol. The van der Waals surface area contributed by atoms with Crippen LogP contribution in [0.5, 0.6) is 0 Å². The maximum Gasteiger partial charge on any atom is 0.0934 e. The summed E-state index contributed by atoms with van der Waals surface area (Å²) < 4.78 is 0. The summed E-state index contributed by atoms with van der Waals surface area (Å²) >= 11 is 0. The van der Waals surface area contributed by atoms with Crippen molar-refractivity contribution in [2.45, 2.75) is 64.9 Å². The maximum absolute atomic E-state index is 7.84. The molecule has 0 amide bonds. The van der Waals surface area contributed by atoms with Gasteiger partial charge in [0, 0.05) is 0 Å². The molecule has 0 bridgehead atoms. The smallest absolute Gasteiger partial charge is 0.0934 e. The minimum Gasteiger partial charge on any atom is -0.219 e. The van der Waals surface area contributed by atoms with Gasteiger partial charge in [0.05, 0.1) is 6.10 Å². The molecule has 4 heteroatoms. The van der Waals surface area contributed by atoms with E-state index in [4.69, 9.17) is 5.26 Å². The van der Waals surface area contributed by atoms with Crippen molar-refractivity contribution in [2.75, 3.05) is 0 Å². The molecule has 1 unspecified atom stereocenters. The lowest BCUT2D eigenvalue weighted by molar-refractivity contribution is -0.630. The highest BCUT2D eigenvalue weighted by atomic mass is 17.6. The fourth-order valence-corrected chi connectivity index (χ4v) is 1.34. The van der Waals surface area contributed by atoms with E-state index in [1.165, 1.54) is 32.1 Å².